The van der Waals surface area contributed by atoms with E-state index >= 15 is 0 Å². The van der Waals surface area contributed by atoms with E-state index in [2.05, 4.69) is 50.7 Å². The summed E-state index contributed by atoms with van der Waals surface area (Å²) in [7, 11) is 0. The van der Waals surface area contributed by atoms with E-state index in [0.717, 1.165) is 30.9 Å². The van der Waals surface area contributed by atoms with Crippen LogP contribution in [0, 0.1) is 0 Å². The molecule has 0 aliphatic carbocycles. The predicted octanol–water partition coefficient (Wildman–Crippen LogP) is 2.54. The van der Waals surface area contributed by atoms with Gasteiger partial charge in [0.25, 0.3) is 0 Å². The molecule has 1 aromatic heterocycles. The molecule has 0 radical (unpaired) electrons. The minimum absolute atomic E-state index is 0.0648. The summed E-state index contributed by atoms with van der Waals surface area (Å²) >= 11 is 0. The summed E-state index contributed by atoms with van der Waals surface area (Å²) in [5, 5.41) is 13.4. The van der Waals surface area contributed by atoms with Crippen LogP contribution in [0.15, 0.2) is 6.07 Å². The Bertz CT molecular complexity index is 446. The molecular weight excluding hydrogens is 254 g/mol. The van der Waals surface area contributed by atoms with Crippen LogP contribution >= 0.6 is 0 Å². The van der Waals surface area contributed by atoms with Gasteiger partial charge < -0.3 is 5.11 Å². The lowest BCUT2D eigenvalue weighted by molar-refractivity contribution is -0.137. The molecule has 0 aromatic carbocycles. The van der Waals surface area contributed by atoms with Gasteiger partial charge >= 0.3 is 5.97 Å². The fourth-order valence-corrected chi connectivity index (χ4v) is 2.17. The van der Waals surface area contributed by atoms with Crippen LogP contribution in [0.25, 0.3) is 0 Å². The molecule has 0 spiro atoms. The number of carboxylic acid groups (broad SMARTS) is 1. The first-order valence-corrected chi connectivity index (χ1v) is 7.30. The van der Waals surface area contributed by atoms with Gasteiger partial charge in [-0.05, 0) is 40.2 Å². The predicted molar refractivity (Wildman–Crippen MR) is 79.7 cm³/mol. The fourth-order valence-electron chi connectivity index (χ4n) is 2.17. The number of hydrogen-bond donors (Lipinski definition) is 1. The van der Waals surface area contributed by atoms with Crippen LogP contribution in [0.3, 0.4) is 0 Å². The fraction of sp³-hybridized carbons (Fsp3) is 0.733. The molecule has 1 N–H and O–H groups in total. The lowest BCUT2D eigenvalue weighted by Gasteiger charge is -2.35. The van der Waals surface area contributed by atoms with Gasteiger partial charge in [-0.25, -0.2) is 0 Å². The molecule has 1 rings (SSSR count). The highest BCUT2D eigenvalue weighted by Crippen LogP contribution is 2.18. The van der Waals surface area contributed by atoms with Gasteiger partial charge in [-0.1, -0.05) is 6.92 Å². The van der Waals surface area contributed by atoms with E-state index in [-0.39, 0.29) is 12.0 Å². The molecule has 0 aliphatic heterocycles. The van der Waals surface area contributed by atoms with E-state index in [1.807, 2.05) is 4.68 Å². The van der Waals surface area contributed by atoms with Crippen LogP contribution in [0.5, 0.6) is 0 Å². The number of rotatable bonds is 7. The van der Waals surface area contributed by atoms with E-state index in [1.54, 1.807) is 0 Å². The Morgan fingerprint density at radius 2 is 2.05 bits per heavy atom. The molecule has 1 heterocycles. The number of carbonyl (C=O) groups is 1. The number of aryl methyl sites for hydroxylation is 2. The second-order valence-corrected chi connectivity index (χ2v) is 6.03. The van der Waals surface area contributed by atoms with E-state index in [9.17, 15) is 4.79 Å². The number of nitrogens with zero attached hydrogens (tertiary/aromatic N) is 3. The van der Waals surface area contributed by atoms with E-state index < -0.39 is 5.97 Å². The van der Waals surface area contributed by atoms with E-state index in [0.29, 0.717) is 6.54 Å². The topological polar surface area (TPSA) is 58.4 Å². The molecule has 5 nitrogen and oxygen atoms in total. The molecule has 114 valence electrons. The molecule has 0 saturated heterocycles. The van der Waals surface area contributed by atoms with Crippen molar-refractivity contribution in [3.8, 4) is 0 Å². The highest BCUT2D eigenvalue weighted by atomic mass is 16.4. The van der Waals surface area contributed by atoms with Crippen molar-refractivity contribution < 1.29 is 9.90 Å². The lowest BCUT2D eigenvalue weighted by atomic mass is 10.1. The maximum absolute atomic E-state index is 10.8. The number of aliphatic carboxylic acids is 1. The van der Waals surface area contributed by atoms with Gasteiger partial charge in [0.05, 0.1) is 17.8 Å². The van der Waals surface area contributed by atoms with E-state index in [1.165, 1.54) is 0 Å². The second-order valence-electron chi connectivity index (χ2n) is 6.03. The summed E-state index contributed by atoms with van der Waals surface area (Å²) in [5.41, 5.74) is 2.18. The van der Waals surface area contributed by atoms with Crippen molar-refractivity contribution in [3.63, 3.8) is 0 Å². The Morgan fingerprint density at radius 3 is 2.50 bits per heavy atom. The molecule has 0 fully saturated rings. The Balaban J connectivity index is 2.88. The highest BCUT2D eigenvalue weighted by Gasteiger charge is 2.23. The zero-order valence-electron chi connectivity index (χ0n) is 13.3. The molecule has 0 amide bonds. The average Bonchev–Trinajstić information content (AvgIpc) is 2.75. The smallest absolute Gasteiger partial charge is 0.304 e. The number of aromatic nitrogens is 2. The third-order valence-electron chi connectivity index (χ3n) is 3.47. The maximum atomic E-state index is 10.8. The van der Waals surface area contributed by atoms with Gasteiger partial charge in [0.2, 0.25) is 0 Å². The monoisotopic (exact) mass is 281 g/mol. The highest BCUT2D eigenvalue weighted by molar-refractivity contribution is 5.66. The summed E-state index contributed by atoms with van der Waals surface area (Å²) in [6.45, 7) is 12.6. The van der Waals surface area contributed by atoms with Gasteiger partial charge in [0.15, 0.2) is 0 Å². The largest absolute Gasteiger partial charge is 0.481 e. The SMILES string of the molecule is CCc1cc(CN(CCC(=O)O)C(C)(C)C)n(CC)n1. The van der Waals surface area contributed by atoms with Gasteiger partial charge in [0, 0.05) is 25.2 Å². The number of carboxylic acids is 1. The second kappa shape index (κ2) is 6.88. The van der Waals surface area contributed by atoms with Crippen LogP contribution in [0.4, 0.5) is 0 Å². The number of hydrogen-bond acceptors (Lipinski definition) is 3. The standard InChI is InChI=1S/C15H27N3O2/c1-6-12-10-13(18(7-2)16-12)11-17(15(3,4)5)9-8-14(19)20/h10H,6-9,11H2,1-5H3,(H,19,20). The van der Waals surface area contributed by atoms with Gasteiger partial charge in [0.1, 0.15) is 0 Å². The average molecular weight is 281 g/mol. The Morgan fingerprint density at radius 1 is 1.40 bits per heavy atom. The Hall–Kier alpha value is -1.36. The zero-order valence-corrected chi connectivity index (χ0v) is 13.3. The minimum Gasteiger partial charge on any atom is -0.481 e. The van der Waals surface area contributed by atoms with Crippen LogP contribution in [-0.4, -0.2) is 37.8 Å². The lowest BCUT2D eigenvalue weighted by Crippen LogP contribution is -2.42. The first-order chi connectivity index (χ1) is 9.27. The van der Waals surface area contributed by atoms with Gasteiger partial charge in [-0.3, -0.25) is 14.4 Å². The summed E-state index contributed by atoms with van der Waals surface area (Å²) in [6.07, 6.45) is 1.09. The van der Waals surface area contributed by atoms with E-state index in [4.69, 9.17) is 5.11 Å². The first kappa shape index (κ1) is 16.7. The summed E-state index contributed by atoms with van der Waals surface area (Å²) in [4.78, 5) is 13.0. The van der Waals surface area contributed by atoms with Crippen LogP contribution in [0.1, 0.15) is 52.4 Å². The molecular formula is C15H27N3O2. The minimum atomic E-state index is -0.752. The summed E-state index contributed by atoms with van der Waals surface area (Å²) < 4.78 is 2.01. The van der Waals surface area contributed by atoms with Crippen LogP contribution < -0.4 is 0 Å². The van der Waals surface area contributed by atoms with Crippen molar-refractivity contribution in [1.82, 2.24) is 14.7 Å². The summed E-state index contributed by atoms with van der Waals surface area (Å²) in [6, 6.07) is 2.13. The molecule has 5 heteroatoms. The van der Waals surface area contributed by atoms with Crippen molar-refractivity contribution in [2.75, 3.05) is 6.54 Å². The van der Waals surface area contributed by atoms with Crippen LogP contribution in [0.2, 0.25) is 0 Å². The van der Waals surface area contributed by atoms with Gasteiger partial charge in [-0.2, -0.15) is 5.10 Å². The van der Waals surface area contributed by atoms with Crippen molar-refractivity contribution in [2.24, 2.45) is 0 Å². The maximum Gasteiger partial charge on any atom is 0.304 e. The molecule has 0 aliphatic rings. The summed E-state index contributed by atoms with van der Waals surface area (Å²) in [5.74, 6) is -0.752. The normalized spacial score (nSPS) is 12.1. The third kappa shape index (κ3) is 4.63. The van der Waals surface area contributed by atoms with Crippen molar-refractivity contribution in [2.45, 2.75) is 66.1 Å². The van der Waals surface area contributed by atoms with Crippen molar-refractivity contribution in [3.05, 3.63) is 17.5 Å². The quantitative estimate of drug-likeness (QED) is 0.834. The van der Waals surface area contributed by atoms with Crippen molar-refractivity contribution >= 4 is 5.97 Å². The molecule has 0 atom stereocenters. The zero-order chi connectivity index (χ0) is 15.3. The molecule has 0 unspecified atom stereocenters. The third-order valence-corrected chi connectivity index (χ3v) is 3.47. The molecule has 0 saturated carbocycles. The molecule has 1 aromatic rings. The first-order valence-electron chi connectivity index (χ1n) is 7.30. The van der Waals surface area contributed by atoms with Crippen molar-refractivity contribution in [1.29, 1.82) is 0 Å². The Labute approximate surface area is 121 Å². The van der Waals surface area contributed by atoms with Gasteiger partial charge in [-0.15, -0.1) is 0 Å². The molecule has 0 bridgehead atoms. The molecule has 20 heavy (non-hydrogen) atoms. The van der Waals surface area contributed by atoms with Crippen LogP contribution in [-0.2, 0) is 24.3 Å². The Kier molecular flexibility index (Phi) is 5.74.